The van der Waals surface area contributed by atoms with Crippen molar-refractivity contribution >= 4 is 11.9 Å². The van der Waals surface area contributed by atoms with Crippen LogP contribution in [0.15, 0.2) is 24.5 Å². The summed E-state index contributed by atoms with van der Waals surface area (Å²) in [6.07, 6.45) is 5.01. The Hall–Kier alpha value is -2.11. The van der Waals surface area contributed by atoms with E-state index in [0.29, 0.717) is 19.6 Å². The molecule has 0 aliphatic carbocycles. The Morgan fingerprint density at radius 3 is 2.46 bits per heavy atom. The van der Waals surface area contributed by atoms with Crippen molar-refractivity contribution in [2.75, 3.05) is 27.2 Å². The molecule has 132 valence electrons. The number of urea groups is 1. The standard InChI is InChI=1S/C18H28N4O2/c1-14(2)22(13-15-6-5-9-19-12-15)17(23)16-7-10-21(11-8-16)18(24)20(3)4/h5-6,9,12,14,16H,7-8,10-11,13H2,1-4H3. The van der Waals surface area contributed by atoms with Gasteiger partial charge in [0.15, 0.2) is 0 Å². The molecule has 0 unspecified atom stereocenters. The minimum Gasteiger partial charge on any atom is -0.336 e. The number of pyridine rings is 1. The van der Waals surface area contributed by atoms with Crippen molar-refractivity contribution in [3.8, 4) is 0 Å². The maximum Gasteiger partial charge on any atom is 0.319 e. The molecule has 0 atom stereocenters. The van der Waals surface area contributed by atoms with Crippen LogP contribution in [0.4, 0.5) is 4.79 Å². The van der Waals surface area contributed by atoms with Gasteiger partial charge in [0.2, 0.25) is 5.91 Å². The van der Waals surface area contributed by atoms with Crippen molar-refractivity contribution in [3.05, 3.63) is 30.1 Å². The number of rotatable bonds is 4. The van der Waals surface area contributed by atoms with Gasteiger partial charge >= 0.3 is 6.03 Å². The summed E-state index contributed by atoms with van der Waals surface area (Å²) in [7, 11) is 3.52. The van der Waals surface area contributed by atoms with Crippen LogP contribution in [0.5, 0.6) is 0 Å². The van der Waals surface area contributed by atoms with Crippen molar-refractivity contribution in [1.29, 1.82) is 0 Å². The number of carbonyl (C=O) groups is 2. The lowest BCUT2D eigenvalue weighted by molar-refractivity contribution is -0.139. The van der Waals surface area contributed by atoms with Gasteiger partial charge in [0.25, 0.3) is 0 Å². The molecule has 1 aliphatic heterocycles. The molecule has 1 aromatic rings. The minimum atomic E-state index is -0.00437. The second kappa shape index (κ2) is 8.13. The summed E-state index contributed by atoms with van der Waals surface area (Å²) in [4.78, 5) is 34.4. The Labute approximate surface area is 144 Å². The molecule has 0 aromatic carbocycles. The number of nitrogens with zero attached hydrogens (tertiary/aromatic N) is 4. The number of amides is 3. The SMILES string of the molecule is CC(C)N(Cc1cccnc1)C(=O)C1CCN(C(=O)N(C)C)CC1. The fourth-order valence-electron chi connectivity index (χ4n) is 3.04. The van der Waals surface area contributed by atoms with Crippen LogP contribution in [-0.4, -0.2) is 64.8 Å². The lowest BCUT2D eigenvalue weighted by atomic mass is 9.94. The second-order valence-corrected chi connectivity index (χ2v) is 6.86. The van der Waals surface area contributed by atoms with Crippen LogP contribution in [0.3, 0.4) is 0 Å². The first-order chi connectivity index (χ1) is 11.4. The van der Waals surface area contributed by atoms with Gasteiger partial charge in [0.1, 0.15) is 0 Å². The molecular formula is C18H28N4O2. The number of hydrogen-bond acceptors (Lipinski definition) is 3. The summed E-state index contributed by atoms with van der Waals surface area (Å²) < 4.78 is 0. The molecule has 0 saturated carbocycles. The Morgan fingerprint density at radius 1 is 1.29 bits per heavy atom. The number of carbonyl (C=O) groups excluding carboxylic acids is 2. The maximum absolute atomic E-state index is 12.9. The predicted molar refractivity (Wildman–Crippen MR) is 93.3 cm³/mol. The van der Waals surface area contributed by atoms with Crippen LogP contribution >= 0.6 is 0 Å². The zero-order chi connectivity index (χ0) is 17.7. The lowest BCUT2D eigenvalue weighted by Crippen LogP contribution is -2.48. The number of hydrogen-bond donors (Lipinski definition) is 0. The van der Waals surface area contributed by atoms with E-state index in [-0.39, 0.29) is 23.9 Å². The molecule has 24 heavy (non-hydrogen) atoms. The van der Waals surface area contributed by atoms with E-state index < -0.39 is 0 Å². The van der Waals surface area contributed by atoms with E-state index in [0.717, 1.165) is 18.4 Å². The zero-order valence-corrected chi connectivity index (χ0v) is 15.1. The summed E-state index contributed by atoms with van der Waals surface area (Å²) in [5.41, 5.74) is 1.04. The third-order valence-electron chi connectivity index (χ3n) is 4.48. The highest BCUT2D eigenvalue weighted by atomic mass is 16.2. The first kappa shape index (κ1) is 18.2. The fourth-order valence-corrected chi connectivity index (χ4v) is 3.04. The third-order valence-corrected chi connectivity index (χ3v) is 4.48. The van der Waals surface area contributed by atoms with Crippen molar-refractivity contribution in [2.45, 2.75) is 39.3 Å². The van der Waals surface area contributed by atoms with E-state index in [1.165, 1.54) is 0 Å². The van der Waals surface area contributed by atoms with Gasteiger partial charge in [-0.25, -0.2) is 4.79 Å². The van der Waals surface area contributed by atoms with E-state index >= 15 is 0 Å². The summed E-state index contributed by atoms with van der Waals surface area (Å²) in [5.74, 6) is 0.182. The smallest absolute Gasteiger partial charge is 0.319 e. The monoisotopic (exact) mass is 332 g/mol. The molecule has 0 spiro atoms. The van der Waals surface area contributed by atoms with Crippen LogP contribution in [0.2, 0.25) is 0 Å². The molecule has 1 aromatic heterocycles. The summed E-state index contributed by atoms with van der Waals surface area (Å²) in [6, 6.07) is 4.05. The molecule has 3 amide bonds. The Morgan fingerprint density at radius 2 is 1.96 bits per heavy atom. The zero-order valence-electron chi connectivity index (χ0n) is 15.1. The quantitative estimate of drug-likeness (QED) is 0.849. The van der Waals surface area contributed by atoms with E-state index in [4.69, 9.17) is 0 Å². The maximum atomic E-state index is 12.9. The number of aromatic nitrogens is 1. The molecule has 0 N–H and O–H groups in total. The molecule has 1 saturated heterocycles. The van der Waals surface area contributed by atoms with Gasteiger partial charge in [-0.05, 0) is 38.3 Å². The van der Waals surface area contributed by atoms with Gasteiger partial charge in [-0.2, -0.15) is 0 Å². The largest absolute Gasteiger partial charge is 0.336 e. The Bertz CT molecular complexity index is 551. The van der Waals surface area contributed by atoms with Crippen LogP contribution < -0.4 is 0 Å². The molecular weight excluding hydrogens is 304 g/mol. The van der Waals surface area contributed by atoms with Crippen molar-refractivity contribution < 1.29 is 9.59 Å². The van der Waals surface area contributed by atoms with Gasteiger partial charge in [0, 0.05) is 58.1 Å². The molecule has 2 rings (SSSR count). The van der Waals surface area contributed by atoms with E-state index in [2.05, 4.69) is 4.98 Å². The van der Waals surface area contributed by atoms with Gasteiger partial charge in [-0.3, -0.25) is 9.78 Å². The fraction of sp³-hybridized carbons (Fsp3) is 0.611. The first-order valence-corrected chi connectivity index (χ1v) is 8.55. The van der Waals surface area contributed by atoms with Gasteiger partial charge in [-0.15, -0.1) is 0 Å². The van der Waals surface area contributed by atoms with Crippen LogP contribution in [0.1, 0.15) is 32.3 Å². The van der Waals surface area contributed by atoms with Gasteiger partial charge < -0.3 is 14.7 Å². The molecule has 0 radical (unpaired) electrons. The number of likely N-dealkylation sites (tertiary alicyclic amines) is 1. The van der Waals surface area contributed by atoms with Crippen LogP contribution in [-0.2, 0) is 11.3 Å². The van der Waals surface area contributed by atoms with Crippen molar-refractivity contribution in [1.82, 2.24) is 19.7 Å². The molecule has 1 fully saturated rings. The van der Waals surface area contributed by atoms with Crippen LogP contribution in [0.25, 0.3) is 0 Å². The van der Waals surface area contributed by atoms with E-state index in [1.54, 1.807) is 31.4 Å². The minimum absolute atomic E-state index is 0.00437. The topological polar surface area (TPSA) is 56.8 Å². The predicted octanol–water partition coefficient (Wildman–Crippen LogP) is 2.21. The van der Waals surface area contributed by atoms with Gasteiger partial charge in [-0.1, -0.05) is 6.07 Å². The molecule has 6 nitrogen and oxygen atoms in total. The normalized spacial score (nSPS) is 15.5. The molecule has 1 aliphatic rings. The lowest BCUT2D eigenvalue weighted by Gasteiger charge is -2.36. The average molecular weight is 332 g/mol. The highest BCUT2D eigenvalue weighted by Crippen LogP contribution is 2.22. The van der Waals surface area contributed by atoms with Gasteiger partial charge in [0.05, 0.1) is 0 Å². The first-order valence-electron chi connectivity index (χ1n) is 8.55. The molecule has 2 heterocycles. The summed E-state index contributed by atoms with van der Waals surface area (Å²) in [6.45, 7) is 5.96. The Kier molecular flexibility index (Phi) is 6.17. The van der Waals surface area contributed by atoms with Crippen LogP contribution in [0, 0.1) is 5.92 Å². The Balaban J connectivity index is 1.97. The highest BCUT2D eigenvalue weighted by Gasteiger charge is 2.31. The van der Waals surface area contributed by atoms with Crippen molar-refractivity contribution in [3.63, 3.8) is 0 Å². The van der Waals surface area contributed by atoms with Crippen molar-refractivity contribution in [2.24, 2.45) is 5.92 Å². The second-order valence-electron chi connectivity index (χ2n) is 6.86. The average Bonchev–Trinajstić information content (AvgIpc) is 2.59. The molecule has 0 bridgehead atoms. The molecule has 6 heteroatoms. The summed E-state index contributed by atoms with van der Waals surface area (Å²) in [5, 5.41) is 0. The number of piperidine rings is 1. The summed E-state index contributed by atoms with van der Waals surface area (Å²) >= 11 is 0. The highest BCUT2D eigenvalue weighted by molar-refractivity contribution is 5.80. The van der Waals surface area contributed by atoms with E-state index in [1.807, 2.05) is 35.8 Å². The van der Waals surface area contributed by atoms with E-state index in [9.17, 15) is 9.59 Å². The third kappa shape index (κ3) is 4.46.